The highest BCUT2D eigenvalue weighted by molar-refractivity contribution is 5.89. The molecule has 1 unspecified atom stereocenters. The molecule has 0 bridgehead atoms. The second-order valence-electron chi connectivity index (χ2n) is 5.98. The number of carbonyl (C=O) groups is 4. The summed E-state index contributed by atoms with van der Waals surface area (Å²) in [4.78, 5) is 46.8. The minimum absolute atomic E-state index is 0.0867. The molecule has 1 aromatic rings. The van der Waals surface area contributed by atoms with Crippen LogP contribution in [0, 0.1) is 0 Å². The summed E-state index contributed by atoms with van der Waals surface area (Å²) >= 11 is 0. The lowest BCUT2D eigenvalue weighted by Crippen LogP contribution is -2.47. The van der Waals surface area contributed by atoms with Crippen molar-refractivity contribution in [3.05, 3.63) is 35.9 Å². The Bertz CT molecular complexity index is 650. The fourth-order valence-corrected chi connectivity index (χ4v) is 2.21. The van der Waals surface area contributed by atoms with Crippen molar-refractivity contribution >= 4 is 23.9 Å². The summed E-state index contributed by atoms with van der Waals surface area (Å²) in [6.45, 7) is 1.40. The Morgan fingerprint density at radius 3 is 2.32 bits per heavy atom. The van der Waals surface area contributed by atoms with E-state index >= 15 is 0 Å². The van der Waals surface area contributed by atoms with Crippen molar-refractivity contribution in [1.29, 1.82) is 0 Å². The van der Waals surface area contributed by atoms with Gasteiger partial charge in [0.25, 0.3) is 0 Å². The van der Waals surface area contributed by atoms with Gasteiger partial charge in [0, 0.05) is 0 Å². The van der Waals surface area contributed by atoms with Crippen LogP contribution >= 0.6 is 0 Å². The number of carbonyl (C=O) groups excluding carboxylic acids is 4. The highest BCUT2D eigenvalue weighted by Crippen LogP contribution is 2.02. The number of alkyl carbamates (subject to hydrolysis) is 1. The summed E-state index contributed by atoms with van der Waals surface area (Å²) in [6, 6.07) is 8.35. The van der Waals surface area contributed by atoms with Gasteiger partial charge in [-0.25, -0.2) is 9.59 Å². The van der Waals surface area contributed by atoms with E-state index in [4.69, 9.17) is 4.74 Å². The van der Waals surface area contributed by atoms with Crippen LogP contribution in [0.4, 0.5) is 4.79 Å². The minimum atomic E-state index is -0.750. The number of hydrogen-bond donors (Lipinski definition) is 3. The third-order valence-corrected chi connectivity index (χ3v) is 3.72. The maximum atomic E-state index is 11.9. The Morgan fingerprint density at radius 2 is 1.68 bits per heavy atom. The van der Waals surface area contributed by atoms with Gasteiger partial charge >= 0.3 is 12.1 Å². The Labute approximate surface area is 164 Å². The van der Waals surface area contributed by atoms with Gasteiger partial charge in [0.1, 0.15) is 19.2 Å². The van der Waals surface area contributed by atoms with Crippen LogP contribution < -0.4 is 16.0 Å². The largest absolute Gasteiger partial charge is 0.467 e. The summed E-state index contributed by atoms with van der Waals surface area (Å²) in [5.74, 6) is -1.61. The van der Waals surface area contributed by atoms with Gasteiger partial charge in [-0.2, -0.15) is 0 Å². The van der Waals surface area contributed by atoms with E-state index in [0.717, 1.165) is 18.4 Å². The highest BCUT2D eigenvalue weighted by Gasteiger charge is 2.20. The predicted molar refractivity (Wildman–Crippen MR) is 101 cm³/mol. The van der Waals surface area contributed by atoms with Crippen LogP contribution in [-0.4, -0.2) is 50.1 Å². The highest BCUT2D eigenvalue weighted by atomic mass is 16.5. The van der Waals surface area contributed by atoms with Crippen molar-refractivity contribution in [3.8, 4) is 0 Å². The molecule has 9 heteroatoms. The zero-order chi connectivity index (χ0) is 20.8. The fraction of sp³-hybridized carbons (Fsp3) is 0.474. The average Bonchev–Trinajstić information content (AvgIpc) is 2.72. The molecule has 3 amide bonds. The molecule has 0 aliphatic heterocycles. The van der Waals surface area contributed by atoms with Gasteiger partial charge in [-0.15, -0.1) is 0 Å². The first-order valence-electron chi connectivity index (χ1n) is 9.04. The molecule has 0 fully saturated rings. The molecular formula is C19H27N3O6. The molecule has 0 aromatic heterocycles. The third kappa shape index (κ3) is 9.56. The van der Waals surface area contributed by atoms with E-state index < -0.39 is 29.9 Å². The number of ether oxygens (including phenoxy) is 2. The summed E-state index contributed by atoms with van der Waals surface area (Å²) < 4.78 is 9.63. The lowest BCUT2D eigenvalue weighted by molar-refractivity contribution is -0.145. The summed E-state index contributed by atoms with van der Waals surface area (Å²) in [5.41, 5.74) is 0.821. The van der Waals surface area contributed by atoms with E-state index in [0.29, 0.717) is 6.42 Å². The Morgan fingerprint density at radius 1 is 1.00 bits per heavy atom. The van der Waals surface area contributed by atoms with Crippen molar-refractivity contribution < 1.29 is 28.7 Å². The van der Waals surface area contributed by atoms with E-state index in [1.807, 2.05) is 25.1 Å². The Balaban J connectivity index is 2.26. The Kier molecular flexibility index (Phi) is 10.8. The number of esters is 1. The lowest BCUT2D eigenvalue weighted by Gasteiger charge is -2.16. The van der Waals surface area contributed by atoms with Gasteiger partial charge in [-0.3, -0.25) is 9.59 Å². The van der Waals surface area contributed by atoms with Crippen LogP contribution in [0.1, 0.15) is 31.7 Å². The molecule has 1 atom stereocenters. The first-order chi connectivity index (χ1) is 13.5. The minimum Gasteiger partial charge on any atom is -0.467 e. The molecule has 3 N–H and O–H groups in total. The van der Waals surface area contributed by atoms with Gasteiger partial charge in [0.05, 0.1) is 13.7 Å². The van der Waals surface area contributed by atoms with Gasteiger partial charge < -0.3 is 25.4 Å². The Hall–Kier alpha value is -3.10. The smallest absolute Gasteiger partial charge is 0.407 e. The molecule has 0 spiro atoms. The molecule has 154 valence electrons. The maximum Gasteiger partial charge on any atom is 0.407 e. The van der Waals surface area contributed by atoms with E-state index in [-0.39, 0.29) is 19.7 Å². The van der Waals surface area contributed by atoms with Crippen LogP contribution in [0.2, 0.25) is 0 Å². The molecule has 0 aliphatic carbocycles. The number of hydrogen-bond acceptors (Lipinski definition) is 6. The second-order valence-corrected chi connectivity index (χ2v) is 5.98. The quantitative estimate of drug-likeness (QED) is 0.480. The SMILES string of the molecule is CCCCC(NC(=O)CNC(=O)CNC(=O)OCc1ccccc1)C(=O)OC. The number of unbranched alkanes of at least 4 members (excludes halogenated alkanes) is 1. The van der Waals surface area contributed by atoms with Gasteiger partial charge in [-0.1, -0.05) is 50.1 Å². The molecule has 0 aliphatic rings. The van der Waals surface area contributed by atoms with Gasteiger partial charge in [0.15, 0.2) is 0 Å². The second kappa shape index (κ2) is 13.1. The van der Waals surface area contributed by atoms with Crippen LogP contribution in [0.3, 0.4) is 0 Å². The first kappa shape index (κ1) is 22.9. The molecule has 0 heterocycles. The van der Waals surface area contributed by atoms with Crippen molar-refractivity contribution in [1.82, 2.24) is 16.0 Å². The number of methoxy groups -OCH3 is 1. The number of nitrogens with one attached hydrogen (secondary N) is 3. The molecule has 1 aromatic carbocycles. The van der Waals surface area contributed by atoms with Gasteiger partial charge in [-0.05, 0) is 12.0 Å². The van der Waals surface area contributed by atoms with Crippen LogP contribution in [-0.2, 0) is 30.5 Å². The summed E-state index contributed by atoms with van der Waals surface area (Å²) in [6.07, 6.45) is 1.33. The van der Waals surface area contributed by atoms with Crippen LogP contribution in [0.5, 0.6) is 0 Å². The molecule has 1 rings (SSSR count). The summed E-state index contributed by atoms with van der Waals surface area (Å²) in [7, 11) is 1.25. The molecule has 0 saturated carbocycles. The zero-order valence-corrected chi connectivity index (χ0v) is 16.2. The van der Waals surface area contributed by atoms with Crippen molar-refractivity contribution in [3.63, 3.8) is 0 Å². The molecule has 0 radical (unpaired) electrons. The molecule has 28 heavy (non-hydrogen) atoms. The third-order valence-electron chi connectivity index (χ3n) is 3.72. The predicted octanol–water partition coefficient (Wildman–Crippen LogP) is 0.877. The lowest BCUT2D eigenvalue weighted by atomic mass is 10.1. The number of rotatable bonds is 11. The van der Waals surface area contributed by atoms with Crippen molar-refractivity contribution in [2.24, 2.45) is 0 Å². The normalized spacial score (nSPS) is 11.1. The van der Waals surface area contributed by atoms with E-state index in [1.165, 1.54) is 7.11 Å². The van der Waals surface area contributed by atoms with E-state index in [1.54, 1.807) is 12.1 Å². The topological polar surface area (TPSA) is 123 Å². The maximum absolute atomic E-state index is 11.9. The monoisotopic (exact) mass is 393 g/mol. The average molecular weight is 393 g/mol. The van der Waals surface area contributed by atoms with E-state index in [2.05, 4.69) is 20.7 Å². The number of amides is 3. The zero-order valence-electron chi connectivity index (χ0n) is 16.2. The molecular weight excluding hydrogens is 366 g/mol. The van der Waals surface area contributed by atoms with Crippen LogP contribution in [0.25, 0.3) is 0 Å². The van der Waals surface area contributed by atoms with Gasteiger partial charge in [0.2, 0.25) is 11.8 Å². The standard InChI is InChI=1S/C19H27N3O6/c1-3-4-10-15(18(25)27-2)22-17(24)12-20-16(23)11-21-19(26)28-13-14-8-6-5-7-9-14/h5-9,15H,3-4,10-13H2,1-2H3,(H,20,23)(H,21,26)(H,22,24). The first-order valence-corrected chi connectivity index (χ1v) is 9.04. The van der Waals surface area contributed by atoms with Crippen molar-refractivity contribution in [2.45, 2.75) is 38.8 Å². The molecule has 9 nitrogen and oxygen atoms in total. The van der Waals surface area contributed by atoms with Crippen LogP contribution in [0.15, 0.2) is 30.3 Å². The fourth-order valence-electron chi connectivity index (χ4n) is 2.21. The summed E-state index contributed by atoms with van der Waals surface area (Å²) in [5, 5.41) is 7.17. The van der Waals surface area contributed by atoms with E-state index in [9.17, 15) is 19.2 Å². The van der Waals surface area contributed by atoms with Crippen molar-refractivity contribution in [2.75, 3.05) is 20.2 Å². The number of benzene rings is 1. The molecule has 0 saturated heterocycles.